The Balaban J connectivity index is 0.000000221. The summed E-state index contributed by atoms with van der Waals surface area (Å²) in [6, 6.07) is 27.1. The minimum atomic E-state index is -0.922. The van der Waals surface area contributed by atoms with E-state index in [1.807, 2.05) is 42.5 Å². The number of benzene rings is 3. The Labute approximate surface area is 163 Å². The van der Waals surface area contributed by atoms with Crippen molar-refractivity contribution in [3.63, 3.8) is 0 Å². The molecule has 0 aliphatic heterocycles. The number of rotatable bonds is 6. The molecule has 4 heteroatoms. The number of carbonyl (C=O) groups is 3. The normalized spacial score (nSPS) is 10.0. The average molecular weight is 372 g/mol. The summed E-state index contributed by atoms with van der Waals surface area (Å²) in [4.78, 5) is 33.7. The van der Waals surface area contributed by atoms with Crippen molar-refractivity contribution in [1.29, 1.82) is 0 Å². The number of ketones is 2. The van der Waals surface area contributed by atoms with E-state index in [4.69, 9.17) is 5.11 Å². The molecule has 0 saturated carbocycles. The molecule has 0 aliphatic rings. The number of hydrogen-bond donors (Lipinski definition) is 1. The van der Waals surface area contributed by atoms with Crippen LogP contribution in [0, 0.1) is 0 Å². The molecule has 3 rings (SSSR count). The Morgan fingerprint density at radius 3 is 1.43 bits per heavy atom. The molecule has 140 valence electrons. The van der Waals surface area contributed by atoms with Crippen LogP contribution < -0.4 is 0 Å². The zero-order chi connectivity index (χ0) is 20.2. The third-order valence-electron chi connectivity index (χ3n) is 3.73. The maximum atomic E-state index is 11.8. The molecule has 3 aromatic rings. The summed E-state index contributed by atoms with van der Waals surface area (Å²) in [5.74, 6) is -1.20. The largest absolute Gasteiger partial charge is 0.478 e. The van der Waals surface area contributed by atoms with Crippen molar-refractivity contribution in [3.05, 3.63) is 114 Å². The highest BCUT2D eigenvalue weighted by Crippen LogP contribution is 2.08. The predicted octanol–water partition coefficient (Wildman–Crippen LogP) is 4.93. The third-order valence-corrected chi connectivity index (χ3v) is 3.73. The lowest BCUT2D eigenvalue weighted by atomic mass is 10.0. The lowest BCUT2D eigenvalue weighted by Crippen LogP contribution is -2.08. The number of Topliss-reactive ketones (excluding diaryl/α,β-unsaturated/α-hetero) is 2. The summed E-state index contributed by atoms with van der Waals surface area (Å²) < 4.78 is 0. The molecule has 0 saturated heterocycles. The maximum Gasteiger partial charge on any atom is 0.328 e. The maximum absolute atomic E-state index is 11.8. The molecule has 0 bridgehead atoms. The van der Waals surface area contributed by atoms with Crippen LogP contribution in [0.1, 0.15) is 32.7 Å². The highest BCUT2D eigenvalue weighted by Gasteiger charge is 2.12. The van der Waals surface area contributed by atoms with Crippen molar-refractivity contribution >= 4 is 23.6 Å². The van der Waals surface area contributed by atoms with Crippen molar-refractivity contribution in [3.8, 4) is 0 Å². The van der Waals surface area contributed by atoms with Crippen LogP contribution in [0.15, 0.2) is 97.1 Å². The summed E-state index contributed by atoms with van der Waals surface area (Å²) in [6.07, 6.45) is 2.60. The Morgan fingerprint density at radius 1 is 0.643 bits per heavy atom. The van der Waals surface area contributed by atoms with E-state index in [-0.39, 0.29) is 18.0 Å². The van der Waals surface area contributed by atoms with Gasteiger partial charge in [0.2, 0.25) is 0 Å². The lowest BCUT2D eigenvalue weighted by molar-refractivity contribution is -0.131. The van der Waals surface area contributed by atoms with Gasteiger partial charge in [-0.25, -0.2) is 4.79 Å². The van der Waals surface area contributed by atoms with Gasteiger partial charge in [0.25, 0.3) is 0 Å². The molecule has 4 nitrogen and oxygen atoms in total. The summed E-state index contributed by atoms with van der Waals surface area (Å²) in [6.45, 7) is 0. The predicted molar refractivity (Wildman–Crippen MR) is 109 cm³/mol. The van der Waals surface area contributed by atoms with Gasteiger partial charge in [0.05, 0.1) is 6.42 Å². The number of carbonyl (C=O) groups excluding carboxylic acids is 2. The topological polar surface area (TPSA) is 71.4 Å². The second kappa shape index (κ2) is 11.0. The molecule has 28 heavy (non-hydrogen) atoms. The van der Waals surface area contributed by atoms with Gasteiger partial charge in [0.1, 0.15) is 0 Å². The number of carboxylic acid groups (broad SMARTS) is 1. The van der Waals surface area contributed by atoms with Crippen molar-refractivity contribution in [2.45, 2.75) is 6.42 Å². The van der Waals surface area contributed by atoms with Crippen LogP contribution in [-0.4, -0.2) is 22.6 Å². The Kier molecular flexibility index (Phi) is 8.09. The van der Waals surface area contributed by atoms with Crippen molar-refractivity contribution in [1.82, 2.24) is 0 Å². The van der Waals surface area contributed by atoms with Gasteiger partial charge in [-0.3, -0.25) is 9.59 Å². The molecule has 0 radical (unpaired) electrons. The van der Waals surface area contributed by atoms with E-state index in [9.17, 15) is 14.4 Å². The van der Waals surface area contributed by atoms with Crippen molar-refractivity contribution < 1.29 is 19.5 Å². The van der Waals surface area contributed by atoms with Crippen molar-refractivity contribution in [2.75, 3.05) is 0 Å². The van der Waals surface area contributed by atoms with Crippen LogP contribution in [0.5, 0.6) is 0 Å². The van der Waals surface area contributed by atoms with Gasteiger partial charge in [-0.05, 0) is 11.6 Å². The SMILES string of the molecule is O=C(CC(=O)c1ccccc1)c1ccccc1.O=C(O)C=Cc1ccccc1. The molecule has 0 aromatic heterocycles. The molecule has 0 heterocycles. The zero-order valence-electron chi connectivity index (χ0n) is 15.2. The standard InChI is InChI=1S/C15H12O2.C9H8O2/c16-14(12-7-3-1-4-8-12)11-15(17)13-9-5-2-6-10-13;10-9(11)7-6-8-4-2-1-3-5-8/h1-10H,11H2;1-7H,(H,10,11). The van der Waals surface area contributed by atoms with Crippen LogP contribution in [0.3, 0.4) is 0 Å². The molecule has 0 atom stereocenters. The fourth-order valence-electron chi connectivity index (χ4n) is 2.33. The molecular formula is C24H20O4. The van der Waals surface area contributed by atoms with Crippen molar-refractivity contribution in [2.24, 2.45) is 0 Å². The molecule has 0 spiro atoms. The summed E-state index contributed by atoms with van der Waals surface area (Å²) >= 11 is 0. The van der Waals surface area contributed by atoms with Gasteiger partial charge >= 0.3 is 5.97 Å². The third kappa shape index (κ3) is 7.22. The quantitative estimate of drug-likeness (QED) is 0.378. The van der Waals surface area contributed by atoms with Gasteiger partial charge in [0, 0.05) is 17.2 Å². The second-order valence-electron chi connectivity index (χ2n) is 5.84. The molecule has 1 N–H and O–H groups in total. The van der Waals surface area contributed by atoms with E-state index in [1.165, 1.54) is 0 Å². The van der Waals surface area contributed by atoms with Gasteiger partial charge in [-0.2, -0.15) is 0 Å². The first-order valence-corrected chi connectivity index (χ1v) is 8.69. The van der Waals surface area contributed by atoms with E-state index in [1.54, 1.807) is 54.6 Å². The molecule has 3 aromatic carbocycles. The fourth-order valence-corrected chi connectivity index (χ4v) is 2.33. The Morgan fingerprint density at radius 2 is 1.04 bits per heavy atom. The van der Waals surface area contributed by atoms with E-state index < -0.39 is 5.97 Å². The highest BCUT2D eigenvalue weighted by atomic mass is 16.4. The highest BCUT2D eigenvalue weighted by molar-refractivity contribution is 6.13. The summed E-state index contributed by atoms with van der Waals surface area (Å²) in [7, 11) is 0. The van der Waals surface area contributed by atoms with Crippen LogP contribution in [-0.2, 0) is 4.79 Å². The summed E-state index contributed by atoms with van der Waals surface area (Å²) in [5, 5.41) is 8.29. The number of hydrogen-bond acceptors (Lipinski definition) is 3. The lowest BCUT2D eigenvalue weighted by Gasteiger charge is -2.00. The Bertz CT molecular complexity index is 881. The first kappa shape index (κ1) is 20.5. The minimum Gasteiger partial charge on any atom is -0.478 e. The van der Waals surface area contributed by atoms with E-state index in [0.29, 0.717) is 11.1 Å². The zero-order valence-corrected chi connectivity index (χ0v) is 15.2. The summed E-state index contributed by atoms with van der Waals surface area (Å²) in [5.41, 5.74) is 2.06. The second-order valence-corrected chi connectivity index (χ2v) is 5.84. The number of aliphatic carboxylic acids is 1. The smallest absolute Gasteiger partial charge is 0.328 e. The molecule has 0 amide bonds. The minimum absolute atomic E-state index is 0.0754. The van der Waals surface area contributed by atoms with E-state index >= 15 is 0 Å². The first-order chi connectivity index (χ1) is 13.6. The van der Waals surface area contributed by atoms with Gasteiger partial charge in [0.15, 0.2) is 11.6 Å². The molecular weight excluding hydrogens is 352 g/mol. The van der Waals surface area contributed by atoms with Crippen LogP contribution in [0.2, 0.25) is 0 Å². The molecule has 0 unspecified atom stereocenters. The fraction of sp³-hybridized carbons (Fsp3) is 0.0417. The van der Waals surface area contributed by atoms with E-state index in [0.717, 1.165) is 11.6 Å². The van der Waals surface area contributed by atoms with Crippen LogP contribution in [0.25, 0.3) is 6.08 Å². The first-order valence-electron chi connectivity index (χ1n) is 8.69. The van der Waals surface area contributed by atoms with Crippen LogP contribution >= 0.6 is 0 Å². The van der Waals surface area contributed by atoms with Gasteiger partial charge < -0.3 is 5.11 Å². The number of carboxylic acids is 1. The van der Waals surface area contributed by atoms with Gasteiger partial charge in [-0.1, -0.05) is 91.0 Å². The average Bonchev–Trinajstić information content (AvgIpc) is 2.74. The van der Waals surface area contributed by atoms with E-state index in [2.05, 4.69) is 0 Å². The molecule has 0 fully saturated rings. The molecule has 0 aliphatic carbocycles. The Hall–Kier alpha value is -3.79. The van der Waals surface area contributed by atoms with Crippen LogP contribution in [0.4, 0.5) is 0 Å². The van der Waals surface area contributed by atoms with Gasteiger partial charge in [-0.15, -0.1) is 0 Å². The monoisotopic (exact) mass is 372 g/mol.